The Labute approximate surface area is 173 Å². The molecule has 1 aromatic carbocycles. The fourth-order valence-electron chi connectivity index (χ4n) is 4.77. The van der Waals surface area contributed by atoms with Crippen LogP contribution in [0, 0.1) is 6.92 Å². The first-order valence-corrected chi connectivity index (χ1v) is 10.6. The van der Waals surface area contributed by atoms with Gasteiger partial charge in [-0.15, -0.1) is 0 Å². The smallest absolute Gasteiger partial charge is 0.203 e. The van der Waals surface area contributed by atoms with Crippen molar-refractivity contribution in [1.82, 2.24) is 4.58 Å². The maximum Gasteiger partial charge on any atom is 0.203 e. The third kappa shape index (κ3) is 3.53. The van der Waals surface area contributed by atoms with Crippen LogP contribution in [-0.4, -0.2) is 26.2 Å². The predicted molar refractivity (Wildman–Crippen MR) is 112 cm³/mol. The number of halogens is 1. The van der Waals surface area contributed by atoms with Gasteiger partial charge in [0.15, 0.2) is 0 Å². The van der Waals surface area contributed by atoms with Gasteiger partial charge in [-0.25, -0.2) is 4.58 Å². The summed E-state index contributed by atoms with van der Waals surface area (Å²) >= 11 is 0. The van der Waals surface area contributed by atoms with Crippen molar-refractivity contribution in [1.29, 1.82) is 0 Å². The molecule has 0 bridgehead atoms. The monoisotopic (exact) mass is 396 g/mol. The highest BCUT2D eigenvalue weighted by atomic mass is 35.5. The van der Waals surface area contributed by atoms with Crippen LogP contribution in [0.25, 0.3) is 22.3 Å². The highest BCUT2D eigenvalue weighted by Crippen LogP contribution is 2.34. The molecule has 0 aromatic heterocycles. The van der Waals surface area contributed by atoms with Crippen LogP contribution in [0.2, 0.25) is 0 Å². The number of aryl methyl sites for hydroxylation is 1. The number of nitrogens with zero attached hydrogens (tertiary/aromatic N) is 2. The van der Waals surface area contributed by atoms with E-state index in [1.807, 2.05) is 0 Å². The van der Waals surface area contributed by atoms with E-state index in [1.165, 1.54) is 66.1 Å². The van der Waals surface area contributed by atoms with Gasteiger partial charge in [0.2, 0.25) is 5.36 Å². The molecule has 148 valence electrons. The molecule has 0 radical (unpaired) electrons. The Morgan fingerprint density at radius 2 is 1.61 bits per heavy atom. The van der Waals surface area contributed by atoms with E-state index in [0.717, 1.165) is 37.5 Å². The van der Waals surface area contributed by atoms with Gasteiger partial charge >= 0.3 is 0 Å². The lowest BCUT2D eigenvalue weighted by atomic mass is 10.00. The minimum Gasteiger partial charge on any atom is -1.00 e. The standard InChI is InChI=1S/C24H29N2O.ClH/c1-18-21-10-8-19(25-12-4-2-5-13-25)16-23(21)27-24-17-20(9-11-22(18)24)26-14-6-3-7-15-26;/h8-11,16-17H,2-7,12-15H2,1H3;1H/q+1;/p-1. The molecule has 28 heavy (non-hydrogen) atoms. The van der Waals surface area contributed by atoms with Crippen molar-refractivity contribution < 1.29 is 16.8 Å². The van der Waals surface area contributed by atoms with E-state index in [9.17, 15) is 0 Å². The van der Waals surface area contributed by atoms with Crippen LogP contribution in [0.1, 0.15) is 44.1 Å². The molecule has 0 saturated carbocycles. The van der Waals surface area contributed by atoms with Crippen molar-refractivity contribution in [2.24, 2.45) is 0 Å². The van der Waals surface area contributed by atoms with Crippen molar-refractivity contribution in [2.45, 2.75) is 45.4 Å². The topological polar surface area (TPSA) is 19.4 Å². The maximum atomic E-state index is 6.44. The number of piperidine rings is 2. The van der Waals surface area contributed by atoms with E-state index in [0.29, 0.717) is 0 Å². The Morgan fingerprint density at radius 1 is 0.857 bits per heavy atom. The van der Waals surface area contributed by atoms with Crippen LogP contribution in [0.4, 0.5) is 5.69 Å². The minimum absolute atomic E-state index is 0. The highest BCUT2D eigenvalue weighted by molar-refractivity contribution is 5.89. The van der Waals surface area contributed by atoms with Gasteiger partial charge in [-0.3, -0.25) is 0 Å². The molecule has 1 aromatic rings. The third-order valence-corrected chi connectivity index (χ3v) is 6.40. The summed E-state index contributed by atoms with van der Waals surface area (Å²) in [4.78, 5) is 2.50. The van der Waals surface area contributed by atoms with E-state index in [4.69, 9.17) is 4.42 Å². The molecule has 1 aliphatic carbocycles. The van der Waals surface area contributed by atoms with Crippen molar-refractivity contribution in [2.75, 3.05) is 31.1 Å². The molecule has 0 spiro atoms. The van der Waals surface area contributed by atoms with Gasteiger partial charge in [0, 0.05) is 54.7 Å². The number of benzene rings is 2. The van der Waals surface area contributed by atoms with Crippen LogP contribution in [0.15, 0.2) is 40.8 Å². The van der Waals surface area contributed by atoms with Crippen molar-refractivity contribution in [3.05, 3.63) is 47.3 Å². The molecule has 3 aliphatic heterocycles. The minimum atomic E-state index is 0. The van der Waals surface area contributed by atoms with E-state index < -0.39 is 0 Å². The molecule has 0 N–H and O–H groups in total. The second kappa shape index (κ2) is 8.16. The molecule has 0 unspecified atom stereocenters. The zero-order valence-electron chi connectivity index (χ0n) is 16.7. The van der Waals surface area contributed by atoms with E-state index in [-0.39, 0.29) is 12.4 Å². The molecule has 2 saturated heterocycles. The first kappa shape index (κ1) is 19.3. The Balaban J connectivity index is 0.00000192. The number of hydrogen-bond donors (Lipinski definition) is 0. The van der Waals surface area contributed by atoms with Crippen LogP contribution in [-0.2, 0) is 0 Å². The number of hydrogen-bond acceptors (Lipinski definition) is 2. The molecule has 4 aliphatic rings. The van der Waals surface area contributed by atoms with Crippen molar-refractivity contribution >= 4 is 16.7 Å². The van der Waals surface area contributed by atoms with E-state index in [2.05, 4.69) is 52.8 Å². The molecular formula is C24H29ClN2O. The van der Waals surface area contributed by atoms with Gasteiger partial charge < -0.3 is 21.7 Å². The fourth-order valence-corrected chi connectivity index (χ4v) is 4.77. The lowest BCUT2D eigenvalue weighted by Gasteiger charge is -2.29. The zero-order valence-corrected chi connectivity index (χ0v) is 17.5. The summed E-state index contributed by atoms with van der Waals surface area (Å²) in [6.45, 7) is 6.88. The predicted octanol–water partition coefficient (Wildman–Crippen LogP) is 1.80. The summed E-state index contributed by atoms with van der Waals surface area (Å²) in [5.41, 5.74) is 4.87. The van der Waals surface area contributed by atoms with Crippen molar-refractivity contribution in [3.8, 4) is 11.3 Å². The number of rotatable bonds is 1. The molecule has 0 amide bonds. The highest BCUT2D eigenvalue weighted by Gasteiger charge is 2.18. The number of anilines is 1. The summed E-state index contributed by atoms with van der Waals surface area (Å²) in [7, 11) is 0. The molecule has 2 fully saturated rings. The second-order valence-corrected chi connectivity index (χ2v) is 8.18. The summed E-state index contributed by atoms with van der Waals surface area (Å²) in [5, 5.41) is 2.53. The summed E-state index contributed by atoms with van der Waals surface area (Å²) in [6.07, 6.45) is 7.90. The Kier molecular flexibility index (Phi) is 5.63. The van der Waals surface area contributed by atoms with Gasteiger partial charge in [-0.1, -0.05) is 0 Å². The summed E-state index contributed by atoms with van der Waals surface area (Å²) < 4.78 is 8.94. The van der Waals surface area contributed by atoms with E-state index in [1.54, 1.807) is 0 Å². The second-order valence-electron chi connectivity index (χ2n) is 8.18. The SMILES string of the molecule is Cc1c2ccc(=[N+]3CCCCC3)cc-2oc2cc(N3CCCCC3)ccc12.[Cl-]. The summed E-state index contributed by atoms with van der Waals surface area (Å²) in [6, 6.07) is 13.5. The molecule has 4 heteroatoms. The first-order valence-electron chi connectivity index (χ1n) is 10.6. The van der Waals surface area contributed by atoms with E-state index >= 15 is 0 Å². The third-order valence-electron chi connectivity index (χ3n) is 6.40. The first-order chi connectivity index (χ1) is 13.3. The molecule has 3 nitrogen and oxygen atoms in total. The lowest BCUT2D eigenvalue weighted by Crippen LogP contribution is -3.00. The number of fused-ring (bicyclic) bond motifs is 2. The van der Waals surface area contributed by atoms with Gasteiger partial charge in [0.05, 0.1) is 6.07 Å². The molecule has 3 heterocycles. The normalized spacial score (nSPS) is 17.8. The van der Waals surface area contributed by atoms with Gasteiger partial charge in [-0.05, 0) is 56.4 Å². The average Bonchev–Trinajstić information content (AvgIpc) is 2.74. The Morgan fingerprint density at radius 3 is 2.39 bits per heavy atom. The average molecular weight is 397 g/mol. The van der Waals surface area contributed by atoms with Gasteiger partial charge in [0.1, 0.15) is 24.4 Å². The zero-order chi connectivity index (χ0) is 18.2. The van der Waals surface area contributed by atoms with Crippen LogP contribution in [0.5, 0.6) is 0 Å². The quantitative estimate of drug-likeness (QED) is 0.461. The maximum absolute atomic E-state index is 6.44. The summed E-state index contributed by atoms with van der Waals surface area (Å²) in [5.74, 6) is 1.01. The molecule has 0 atom stereocenters. The van der Waals surface area contributed by atoms with Crippen LogP contribution >= 0.6 is 0 Å². The molecule has 5 rings (SSSR count). The largest absolute Gasteiger partial charge is 1.00 e. The van der Waals surface area contributed by atoms with Crippen LogP contribution in [0.3, 0.4) is 0 Å². The Hall–Kier alpha value is -2.00. The van der Waals surface area contributed by atoms with Crippen LogP contribution < -0.4 is 27.2 Å². The van der Waals surface area contributed by atoms with Gasteiger partial charge in [0.25, 0.3) is 0 Å². The van der Waals surface area contributed by atoms with Crippen molar-refractivity contribution in [3.63, 3.8) is 0 Å². The Bertz CT molecular complexity index is 1010. The van der Waals surface area contributed by atoms with Gasteiger partial charge in [-0.2, -0.15) is 0 Å². The lowest BCUT2D eigenvalue weighted by molar-refractivity contribution is -0.00000595. The molecular weight excluding hydrogens is 368 g/mol. The fraction of sp³-hybridized carbons (Fsp3) is 0.458.